The number of pyridine rings is 1. The standard InChI is InChI=1S/C31H32N2/c1-5-25(26-12-8-10-22(2)15-17-26)20-28-21-27(18-16-23(28)3)29-13-6-7-19-32-31(29)30-14-9-11-24(4)33-30/h5-7,9-14,16,18-21,32H,3,8,15,17H2,1-2,4H3/b25-5+,28-20-. The van der Waals surface area contributed by atoms with Gasteiger partial charge in [0, 0.05) is 17.5 Å². The second-order valence-corrected chi connectivity index (χ2v) is 8.63. The van der Waals surface area contributed by atoms with Gasteiger partial charge < -0.3 is 5.32 Å². The third kappa shape index (κ3) is 5.40. The molecule has 0 unspecified atom stereocenters. The van der Waals surface area contributed by atoms with Gasteiger partial charge in [-0.25, -0.2) is 0 Å². The van der Waals surface area contributed by atoms with Crippen molar-refractivity contribution >= 4 is 23.9 Å². The number of aromatic nitrogens is 1. The summed E-state index contributed by atoms with van der Waals surface area (Å²) in [5.74, 6) is 0. The minimum absolute atomic E-state index is 0.936. The number of allylic oxidation sites excluding steroid dienone is 10. The topological polar surface area (TPSA) is 24.9 Å². The van der Waals surface area contributed by atoms with Gasteiger partial charge >= 0.3 is 0 Å². The molecule has 2 heterocycles. The zero-order valence-electron chi connectivity index (χ0n) is 19.9. The van der Waals surface area contributed by atoms with Crippen molar-refractivity contribution in [2.75, 3.05) is 0 Å². The summed E-state index contributed by atoms with van der Waals surface area (Å²) in [6, 6.07) is 12.6. The molecule has 0 amide bonds. The monoisotopic (exact) mass is 432 g/mol. The third-order valence-corrected chi connectivity index (χ3v) is 6.18. The van der Waals surface area contributed by atoms with Gasteiger partial charge in [-0.3, -0.25) is 4.98 Å². The zero-order valence-corrected chi connectivity index (χ0v) is 19.9. The smallest absolute Gasteiger partial charge is 0.0873 e. The average molecular weight is 433 g/mol. The van der Waals surface area contributed by atoms with E-state index in [2.05, 4.69) is 92.5 Å². The van der Waals surface area contributed by atoms with Crippen molar-refractivity contribution in [2.24, 2.45) is 0 Å². The lowest BCUT2D eigenvalue weighted by Crippen LogP contribution is -2.23. The summed E-state index contributed by atoms with van der Waals surface area (Å²) in [5.41, 5.74) is 9.37. The Balaban J connectivity index is 1.80. The van der Waals surface area contributed by atoms with Gasteiger partial charge in [0.15, 0.2) is 0 Å². The molecule has 2 heteroatoms. The molecule has 1 N–H and O–H groups in total. The second-order valence-electron chi connectivity index (χ2n) is 8.63. The minimum Gasteiger partial charge on any atom is -0.359 e. The van der Waals surface area contributed by atoms with Crippen LogP contribution in [0.1, 0.15) is 50.1 Å². The molecular weight excluding hydrogens is 400 g/mol. The van der Waals surface area contributed by atoms with Crippen LogP contribution in [-0.4, -0.2) is 4.98 Å². The van der Waals surface area contributed by atoms with Gasteiger partial charge in [0.05, 0.1) is 11.4 Å². The van der Waals surface area contributed by atoms with Crippen LogP contribution in [0.4, 0.5) is 0 Å². The van der Waals surface area contributed by atoms with Gasteiger partial charge in [-0.05, 0) is 97.5 Å². The Morgan fingerprint density at radius 1 is 1.06 bits per heavy atom. The maximum absolute atomic E-state index is 4.76. The summed E-state index contributed by atoms with van der Waals surface area (Å²) in [6.07, 6.45) is 20.6. The molecule has 2 nitrogen and oxygen atoms in total. The van der Waals surface area contributed by atoms with E-state index in [1.165, 1.54) is 16.7 Å². The quantitative estimate of drug-likeness (QED) is 0.588. The molecule has 1 aromatic carbocycles. The van der Waals surface area contributed by atoms with Crippen molar-refractivity contribution in [3.63, 3.8) is 0 Å². The molecule has 166 valence electrons. The highest BCUT2D eigenvalue weighted by atomic mass is 14.9. The van der Waals surface area contributed by atoms with Crippen LogP contribution >= 0.6 is 0 Å². The first-order valence-corrected chi connectivity index (χ1v) is 11.7. The molecular formula is C31H32N2. The Morgan fingerprint density at radius 2 is 1.94 bits per heavy atom. The highest BCUT2D eigenvalue weighted by Gasteiger charge is 2.12. The van der Waals surface area contributed by atoms with Gasteiger partial charge in [-0.15, -0.1) is 0 Å². The van der Waals surface area contributed by atoms with Crippen LogP contribution in [0.15, 0.2) is 95.8 Å². The molecule has 0 bridgehead atoms. The average Bonchev–Trinajstić information content (AvgIpc) is 3.19. The summed E-state index contributed by atoms with van der Waals surface area (Å²) in [6.45, 7) is 10.7. The molecule has 0 fully saturated rings. The third-order valence-electron chi connectivity index (χ3n) is 6.18. The van der Waals surface area contributed by atoms with Crippen LogP contribution in [0.25, 0.3) is 23.9 Å². The second kappa shape index (κ2) is 10.3. The van der Waals surface area contributed by atoms with E-state index in [1.54, 1.807) is 0 Å². The number of benzene rings is 1. The molecule has 0 spiro atoms. The van der Waals surface area contributed by atoms with E-state index < -0.39 is 0 Å². The molecule has 1 aliphatic heterocycles. The highest BCUT2D eigenvalue weighted by molar-refractivity contribution is 5.94. The fourth-order valence-corrected chi connectivity index (χ4v) is 4.26. The van der Waals surface area contributed by atoms with Crippen molar-refractivity contribution in [2.45, 2.75) is 40.0 Å². The number of hydrogen-bond donors (Lipinski definition) is 1. The van der Waals surface area contributed by atoms with Crippen LogP contribution in [-0.2, 0) is 0 Å². The molecule has 4 rings (SSSR count). The fraction of sp³-hybridized carbons (Fsp3) is 0.194. The predicted molar refractivity (Wildman–Crippen MR) is 142 cm³/mol. The van der Waals surface area contributed by atoms with Crippen LogP contribution in [0.3, 0.4) is 0 Å². The molecule has 2 aromatic rings. The van der Waals surface area contributed by atoms with E-state index in [0.717, 1.165) is 57.9 Å². The Kier molecular flexibility index (Phi) is 7.04. The zero-order chi connectivity index (χ0) is 23.2. The normalized spacial score (nSPS) is 17.3. The maximum atomic E-state index is 4.76. The predicted octanol–water partition coefficient (Wildman–Crippen LogP) is 6.13. The lowest BCUT2D eigenvalue weighted by Gasteiger charge is -2.13. The molecule has 0 saturated carbocycles. The van der Waals surface area contributed by atoms with Crippen molar-refractivity contribution in [3.05, 3.63) is 123 Å². The first kappa shape index (κ1) is 22.5. The molecule has 0 radical (unpaired) electrons. The van der Waals surface area contributed by atoms with Gasteiger partial charge in [0.1, 0.15) is 0 Å². The SMILES string of the molecule is C=c1ccc(C2=C(c3cccc(C)n3)NC=CC=C2)c/c1=C/C(=C\C)C1=CCC=C(C)CC1. The van der Waals surface area contributed by atoms with Gasteiger partial charge in [0.25, 0.3) is 0 Å². The summed E-state index contributed by atoms with van der Waals surface area (Å²) in [4.78, 5) is 4.76. The largest absolute Gasteiger partial charge is 0.359 e. The van der Waals surface area contributed by atoms with E-state index in [4.69, 9.17) is 4.98 Å². The summed E-state index contributed by atoms with van der Waals surface area (Å²) in [5, 5.41) is 5.62. The molecule has 1 aliphatic carbocycles. The van der Waals surface area contributed by atoms with E-state index in [0.29, 0.717) is 0 Å². The van der Waals surface area contributed by atoms with Gasteiger partial charge in [-0.1, -0.05) is 60.7 Å². The van der Waals surface area contributed by atoms with Crippen molar-refractivity contribution in [1.29, 1.82) is 0 Å². The number of nitrogens with one attached hydrogen (secondary N) is 1. The minimum atomic E-state index is 0.936. The summed E-state index contributed by atoms with van der Waals surface area (Å²) < 4.78 is 0. The van der Waals surface area contributed by atoms with Crippen molar-refractivity contribution in [3.8, 4) is 0 Å². The van der Waals surface area contributed by atoms with Crippen LogP contribution in [0, 0.1) is 6.92 Å². The molecule has 1 aromatic heterocycles. The summed E-state index contributed by atoms with van der Waals surface area (Å²) in [7, 11) is 0. The molecule has 33 heavy (non-hydrogen) atoms. The van der Waals surface area contributed by atoms with Gasteiger partial charge in [0.2, 0.25) is 0 Å². The highest BCUT2D eigenvalue weighted by Crippen LogP contribution is 2.26. The fourth-order valence-electron chi connectivity index (χ4n) is 4.26. The molecule has 0 atom stereocenters. The Bertz CT molecular complexity index is 1340. The van der Waals surface area contributed by atoms with Crippen molar-refractivity contribution in [1.82, 2.24) is 10.3 Å². The van der Waals surface area contributed by atoms with Crippen molar-refractivity contribution < 1.29 is 0 Å². The summed E-state index contributed by atoms with van der Waals surface area (Å²) >= 11 is 0. The first-order chi connectivity index (χ1) is 16.0. The lowest BCUT2D eigenvalue weighted by molar-refractivity contribution is 0.947. The Hall–Kier alpha value is -3.65. The van der Waals surface area contributed by atoms with E-state index in [9.17, 15) is 0 Å². The van der Waals surface area contributed by atoms with E-state index in [-0.39, 0.29) is 0 Å². The number of rotatable bonds is 4. The maximum Gasteiger partial charge on any atom is 0.0873 e. The van der Waals surface area contributed by atoms with Crippen LogP contribution in [0.5, 0.6) is 0 Å². The molecule has 0 saturated heterocycles. The first-order valence-electron chi connectivity index (χ1n) is 11.7. The van der Waals surface area contributed by atoms with E-state index in [1.807, 2.05) is 25.3 Å². The van der Waals surface area contributed by atoms with Crippen LogP contribution < -0.4 is 15.8 Å². The Labute approximate surface area is 197 Å². The van der Waals surface area contributed by atoms with Crippen LogP contribution in [0.2, 0.25) is 0 Å². The van der Waals surface area contributed by atoms with Gasteiger partial charge in [-0.2, -0.15) is 0 Å². The Morgan fingerprint density at radius 3 is 2.76 bits per heavy atom. The number of aryl methyl sites for hydroxylation is 1. The molecule has 2 aliphatic rings. The number of nitrogens with zero attached hydrogens (tertiary/aromatic N) is 1. The number of hydrogen-bond acceptors (Lipinski definition) is 2. The van der Waals surface area contributed by atoms with E-state index >= 15 is 0 Å². The lowest BCUT2D eigenvalue weighted by atomic mass is 9.96.